The quantitative estimate of drug-likeness (QED) is 0.0188. The van der Waals surface area contributed by atoms with Crippen molar-refractivity contribution in [3.63, 3.8) is 0 Å². The highest BCUT2D eigenvalue weighted by Gasteiger charge is 2.19. The minimum Gasteiger partial charge on any atom is -0.479 e. The molecule has 0 aromatic carbocycles. The fourth-order valence-corrected chi connectivity index (χ4v) is 8.28. The molecule has 0 bridgehead atoms. The summed E-state index contributed by atoms with van der Waals surface area (Å²) in [5.41, 5.74) is 0. The summed E-state index contributed by atoms with van der Waals surface area (Å²) in [5, 5.41) is 55.4. The average Bonchev–Trinajstić information content (AvgIpc) is 3.48. The molecule has 15 heteroatoms. The molecular formula is C68H136O15. The van der Waals surface area contributed by atoms with E-state index in [0.29, 0.717) is 58.5 Å². The summed E-state index contributed by atoms with van der Waals surface area (Å²) < 4.78 is 20.1. The number of carboxylic acids is 1. The summed E-state index contributed by atoms with van der Waals surface area (Å²) in [6.45, 7) is 21.1. The van der Waals surface area contributed by atoms with Gasteiger partial charge in [0.15, 0.2) is 30.5 Å². The van der Waals surface area contributed by atoms with Gasteiger partial charge in [0, 0.05) is 0 Å². The Hall–Kier alpha value is -2.85. The molecule has 0 aliphatic carbocycles. The van der Waals surface area contributed by atoms with Crippen LogP contribution < -0.4 is 0 Å². The van der Waals surface area contributed by atoms with E-state index < -0.39 is 60.4 Å². The Labute approximate surface area is 509 Å². The molecule has 0 aromatic heterocycles. The number of carboxylic acid groups (broad SMARTS) is 1. The van der Waals surface area contributed by atoms with Crippen molar-refractivity contribution < 1.29 is 73.6 Å². The van der Waals surface area contributed by atoms with Crippen LogP contribution in [0, 0.1) is 0 Å². The van der Waals surface area contributed by atoms with Crippen LogP contribution in [-0.2, 0) is 42.9 Å². The lowest BCUT2D eigenvalue weighted by Crippen LogP contribution is -2.23. The number of aliphatic carboxylic acids is 1. The molecule has 6 N–H and O–H groups in total. The fourth-order valence-electron chi connectivity index (χ4n) is 8.28. The lowest BCUT2D eigenvalue weighted by molar-refractivity contribution is -0.154. The molecule has 83 heavy (non-hydrogen) atoms. The van der Waals surface area contributed by atoms with Crippen molar-refractivity contribution in [3.05, 3.63) is 0 Å². The molecule has 0 radical (unpaired) electrons. The largest absolute Gasteiger partial charge is 0.479 e. The molecule has 15 nitrogen and oxygen atoms in total. The van der Waals surface area contributed by atoms with E-state index in [1.54, 1.807) is 0 Å². The number of ether oxygens (including phenoxy) is 4. The smallest absolute Gasteiger partial charge is 0.334 e. The number of hydrogen-bond donors (Lipinski definition) is 6. The Kier molecular flexibility index (Phi) is 80.6. The number of rotatable bonds is 54. The summed E-state index contributed by atoms with van der Waals surface area (Å²) in [6.07, 6.45) is 42.1. The van der Waals surface area contributed by atoms with Gasteiger partial charge in [-0.05, 0) is 57.8 Å². The molecule has 0 rings (SSSR count). The van der Waals surface area contributed by atoms with Crippen molar-refractivity contribution in [1.29, 1.82) is 0 Å². The second-order valence-corrected chi connectivity index (χ2v) is 22.5. The maximum Gasteiger partial charge on any atom is 0.334 e. The Morgan fingerprint density at radius 1 is 0.229 bits per heavy atom. The number of esters is 4. The minimum absolute atomic E-state index is 0.384. The van der Waals surface area contributed by atoms with Crippen molar-refractivity contribution in [2.75, 3.05) is 26.4 Å². The summed E-state index contributed by atoms with van der Waals surface area (Å²) in [5.74, 6) is -2.89. The van der Waals surface area contributed by atoms with E-state index in [9.17, 15) is 44.4 Å². The number of carbonyl (C=O) groups is 5. The second-order valence-electron chi connectivity index (χ2n) is 22.5. The van der Waals surface area contributed by atoms with Gasteiger partial charge in [-0.2, -0.15) is 0 Å². The van der Waals surface area contributed by atoms with Gasteiger partial charge >= 0.3 is 29.8 Å². The van der Waals surface area contributed by atoms with E-state index in [4.69, 9.17) is 29.2 Å². The molecule has 5 unspecified atom stereocenters. The number of unbranched alkanes of at least 4 members (excludes halogenated alkanes) is 31. The van der Waals surface area contributed by atoms with Crippen LogP contribution in [-0.4, -0.2) is 117 Å². The van der Waals surface area contributed by atoms with Crippen molar-refractivity contribution in [3.8, 4) is 0 Å². The van der Waals surface area contributed by atoms with Crippen LogP contribution >= 0.6 is 0 Å². The standard InChI is InChI=1S/C18H36O3.C16H32O3.C14H28O3.C12H24O3.C8H16O3/c1-3-5-7-9-10-11-12-14-16-21-18(20)17(19)15-13-8-6-4-2;1-3-5-7-9-10-12-14-19-16(18)15(17)13-11-8-6-4-2;1-3-5-7-9-11-13(15)14(16)17-12-10-8-6-4-2;1-3-5-7-8-9-11(13)12(14)15-10-6-4-2;1-2-3-4-5-6-7(9)8(10)11/h17,19H,3-16H2,1-2H3;15,17H,3-14H2,1-2H3;13,15H,3-12H2,1-2H3;11,13H,3-10H2,1-2H3;7,9H,2-6H2,1H3,(H,10,11). The summed E-state index contributed by atoms with van der Waals surface area (Å²) >= 11 is 0. The zero-order valence-corrected chi connectivity index (χ0v) is 55.4. The van der Waals surface area contributed by atoms with Gasteiger partial charge in [-0.3, -0.25) is 0 Å². The van der Waals surface area contributed by atoms with E-state index in [1.165, 1.54) is 109 Å². The first kappa shape index (κ1) is 88.9. The van der Waals surface area contributed by atoms with E-state index >= 15 is 0 Å². The molecular weight excluding hydrogens is 1060 g/mol. The molecule has 0 saturated carbocycles. The molecule has 0 heterocycles. The predicted molar refractivity (Wildman–Crippen MR) is 340 cm³/mol. The Bertz CT molecular complexity index is 1330. The van der Waals surface area contributed by atoms with Gasteiger partial charge in [0.25, 0.3) is 0 Å². The molecule has 5 atom stereocenters. The fraction of sp³-hybridized carbons (Fsp3) is 0.926. The first-order valence-corrected chi connectivity index (χ1v) is 34.4. The molecule has 0 spiro atoms. The van der Waals surface area contributed by atoms with Gasteiger partial charge in [0.05, 0.1) is 26.4 Å². The maximum atomic E-state index is 11.5. The van der Waals surface area contributed by atoms with Crippen molar-refractivity contribution in [2.45, 2.75) is 382 Å². The SMILES string of the molecule is CCCCCCC(O)C(=O)O.CCCCCCC(O)C(=O)OCCCC.CCCCCCCCCCOC(=O)C(O)CCCCCC.CCCCCCCCOC(=O)C(O)CCCCCC.CCCCCCOC(=O)C(O)CCCCCC. The molecule has 0 aromatic rings. The molecule has 0 saturated heterocycles. The Morgan fingerprint density at radius 3 is 0.590 bits per heavy atom. The number of aliphatic hydroxyl groups excluding tert-OH is 5. The number of carbonyl (C=O) groups excluding carboxylic acids is 4. The zero-order valence-electron chi connectivity index (χ0n) is 55.4. The topological polar surface area (TPSA) is 244 Å². The molecule has 0 aliphatic rings. The van der Waals surface area contributed by atoms with Crippen LogP contribution in [0.2, 0.25) is 0 Å². The van der Waals surface area contributed by atoms with Crippen LogP contribution in [0.15, 0.2) is 0 Å². The highest BCUT2D eigenvalue weighted by Crippen LogP contribution is 2.13. The van der Waals surface area contributed by atoms with Crippen LogP contribution in [0.25, 0.3) is 0 Å². The van der Waals surface area contributed by atoms with E-state index in [2.05, 4.69) is 55.4 Å². The summed E-state index contributed by atoms with van der Waals surface area (Å²) in [4.78, 5) is 55.7. The highest BCUT2D eigenvalue weighted by molar-refractivity contribution is 5.75. The van der Waals surface area contributed by atoms with Crippen molar-refractivity contribution in [2.24, 2.45) is 0 Å². The Balaban J connectivity index is -0.000000310. The highest BCUT2D eigenvalue weighted by atomic mass is 16.6. The monoisotopic (exact) mass is 1190 g/mol. The third-order valence-electron chi connectivity index (χ3n) is 14.0. The van der Waals surface area contributed by atoms with Crippen molar-refractivity contribution in [1.82, 2.24) is 0 Å². The first-order valence-electron chi connectivity index (χ1n) is 34.4. The molecule has 0 fully saturated rings. The maximum absolute atomic E-state index is 11.5. The first-order chi connectivity index (χ1) is 40.1. The van der Waals surface area contributed by atoms with Gasteiger partial charge in [-0.25, -0.2) is 24.0 Å². The molecule has 0 aliphatic heterocycles. The minimum atomic E-state index is -1.16. The van der Waals surface area contributed by atoms with E-state index in [1.807, 2.05) is 6.92 Å². The third kappa shape index (κ3) is 75.2. The normalized spacial score (nSPS) is 12.5. The van der Waals surface area contributed by atoms with Gasteiger partial charge in [0.2, 0.25) is 0 Å². The van der Waals surface area contributed by atoms with Crippen LogP contribution in [0.5, 0.6) is 0 Å². The van der Waals surface area contributed by atoms with Crippen LogP contribution in [0.3, 0.4) is 0 Å². The van der Waals surface area contributed by atoms with E-state index in [-0.39, 0.29) is 0 Å². The zero-order chi connectivity index (χ0) is 63.3. The van der Waals surface area contributed by atoms with Crippen LogP contribution in [0.4, 0.5) is 0 Å². The van der Waals surface area contributed by atoms with Gasteiger partial charge in [-0.1, -0.05) is 293 Å². The lowest BCUT2D eigenvalue weighted by Gasteiger charge is -2.10. The average molecular weight is 1190 g/mol. The molecule has 0 amide bonds. The summed E-state index contributed by atoms with van der Waals surface area (Å²) in [7, 11) is 0. The Morgan fingerprint density at radius 2 is 0.386 bits per heavy atom. The predicted octanol–water partition coefficient (Wildman–Crippen LogP) is 16.7. The van der Waals surface area contributed by atoms with Gasteiger partial charge in [-0.15, -0.1) is 0 Å². The molecule has 498 valence electrons. The third-order valence-corrected chi connectivity index (χ3v) is 14.0. The lowest BCUT2D eigenvalue weighted by atomic mass is 10.1. The van der Waals surface area contributed by atoms with Gasteiger partial charge < -0.3 is 49.6 Å². The second kappa shape index (κ2) is 75.2. The summed E-state index contributed by atoms with van der Waals surface area (Å²) in [6, 6.07) is 0. The van der Waals surface area contributed by atoms with Gasteiger partial charge in [0.1, 0.15) is 0 Å². The number of aliphatic hydroxyl groups is 5. The number of hydrogen-bond acceptors (Lipinski definition) is 14. The van der Waals surface area contributed by atoms with Crippen LogP contribution in [0.1, 0.15) is 351 Å². The van der Waals surface area contributed by atoms with E-state index in [0.717, 1.165) is 148 Å². The van der Waals surface area contributed by atoms with Crippen molar-refractivity contribution >= 4 is 29.8 Å².